The summed E-state index contributed by atoms with van der Waals surface area (Å²) in [5.74, 6) is -4.48. The number of phenols is 2. The molecule has 0 saturated heterocycles. The number of carboxylic acids is 2. The third-order valence-electron chi connectivity index (χ3n) is 5.61. The zero-order valence-corrected chi connectivity index (χ0v) is 19.5. The molecule has 6 N–H and O–H groups in total. The molecule has 5 aromatic rings. The Labute approximate surface area is 217 Å². The van der Waals surface area contributed by atoms with E-state index in [-0.39, 0.29) is 50.8 Å². The molecule has 0 atom stereocenters. The topological polar surface area (TPSA) is 232 Å². The lowest BCUT2D eigenvalue weighted by atomic mass is 10.1. The molecule has 3 aromatic heterocycles. The van der Waals surface area contributed by atoms with E-state index < -0.39 is 29.3 Å². The van der Waals surface area contributed by atoms with Gasteiger partial charge in [-0.25, -0.2) is 23.9 Å². The number of hydrogen-bond donors (Lipinski definition) is 5. The normalized spacial score (nSPS) is 10.9. The second-order valence-corrected chi connectivity index (χ2v) is 8.04. The average molecular weight is 528 g/mol. The van der Waals surface area contributed by atoms with Crippen LogP contribution in [0.2, 0.25) is 0 Å². The van der Waals surface area contributed by atoms with Crippen molar-refractivity contribution in [2.24, 2.45) is 5.73 Å². The van der Waals surface area contributed by atoms with E-state index in [9.17, 15) is 34.8 Å². The number of primary amides is 1. The molecular formula is C24H16N8O7. The molecule has 0 spiro atoms. The zero-order chi connectivity index (χ0) is 27.8. The highest BCUT2D eigenvalue weighted by molar-refractivity contribution is 5.95. The minimum atomic E-state index is -1.33. The molecule has 0 saturated carbocycles. The summed E-state index contributed by atoms with van der Waals surface area (Å²) in [6.07, 6.45) is 2.73. The summed E-state index contributed by atoms with van der Waals surface area (Å²) in [4.78, 5) is 39.2. The van der Waals surface area contributed by atoms with Gasteiger partial charge >= 0.3 is 11.9 Å². The van der Waals surface area contributed by atoms with E-state index in [0.717, 1.165) is 9.36 Å². The van der Waals surface area contributed by atoms with Gasteiger partial charge in [0.2, 0.25) is 5.91 Å². The monoisotopic (exact) mass is 528 g/mol. The molecule has 3 heterocycles. The number of aromatic carboxylic acids is 2. The average Bonchev–Trinajstić information content (AvgIpc) is 3.59. The smallest absolute Gasteiger partial charge is 0.339 e. The Morgan fingerprint density at radius 3 is 1.51 bits per heavy atom. The van der Waals surface area contributed by atoms with Crippen molar-refractivity contribution >= 4 is 17.8 Å². The van der Waals surface area contributed by atoms with Gasteiger partial charge in [0.1, 0.15) is 33.9 Å². The summed E-state index contributed by atoms with van der Waals surface area (Å²) in [5.41, 5.74) is 5.58. The van der Waals surface area contributed by atoms with Crippen molar-refractivity contribution in [1.29, 1.82) is 0 Å². The highest BCUT2D eigenvalue weighted by Gasteiger charge is 2.20. The van der Waals surface area contributed by atoms with Gasteiger partial charge in [-0.05, 0) is 36.4 Å². The molecule has 0 fully saturated rings. The van der Waals surface area contributed by atoms with E-state index in [0.29, 0.717) is 0 Å². The molecule has 1 amide bonds. The first-order valence-electron chi connectivity index (χ1n) is 10.9. The first-order valence-corrected chi connectivity index (χ1v) is 10.9. The number of benzene rings is 2. The van der Waals surface area contributed by atoms with Crippen LogP contribution in [0.5, 0.6) is 11.5 Å². The van der Waals surface area contributed by atoms with E-state index in [1.165, 1.54) is 60.9 Å². The lowest BCUT2D eigenvalue weighted by Crippen LogP contribution is -2.11. The highest BCUT2D eigenvalue weighted by Crippen LogP contribution is 2.29. The van der Waals surface area contributed by atoms with E-state index in [1.54, 1.807) is 0 Å². The second kappa shape index (κ2) is 9.40. The fraction of sp³-hybridized carbons (Fsp3) is 0. The number of carboxylic acid groups (broad SMARTS) is 2. The Balaban J connectivity index is 1.56. The number of pyridine rings is 1. The number of rotatable bonds is 7. The van der Waals surface area contributed by atoms with Crippen LogP contribution < -0.4 is 5.73 Å². The third kappa shape index (κ3) is 4.46. The summed E-state index contributed by atoms with van der Waals surface area (Å²) < 4.78 is 2.29. The fourth-order valence-corrected chi connectivity index (χ4v) is 3.71. The number of carbonyl (C=O) groups excluding carboxylic acids is 1. The van der Waals surface area contributed by atoms with Crippen molar-refractivity contribution in [3.05, 3.63) is 77.6 Å². The number of aromatic nitrogens is 7. The minimum absolute atomic E-state index is 0.0468. The van der Waals surface area contributed by atoms with Crippen molar-refractivity contribution in [1.82, 2.24) is 35.0 Å². The summed E-state index contributed by atoms with van der Waals surface area (Å²) in [5, 5.41) is 55.1. The van der Waals surface area contributed by atoms with Crippen molar-refractivity contribution in [2.45, 2.75) is 0 Å². The van der Waals surface area contributed by atoms with Crippen LogP contribution in [-0.4, -0.2) is 73.2 Å². The summed E-state index contributed by atoms with van der Waals surface area (Å²) in [7, 11) is 0. The van der Waals surface area contributed by atoms with Gasteiger partial charge in [0.15, 0.2) is 11.5 Å². The fourth-order valence-electron chi connectivity index (χ4n) is 3.71. The van der Waals surface area contributed by atoms with Crippen LogP contribution in [0.4, 0.5) is 0 Å². The maximum absolute atomic E-state index is 12.0. The van der Waals surface area contributed by atoms with Gasteiger partial charge in [-0.2, -0.15) is 0 Å². The first-order chi connectivity index (χ1) is 18.6. The third-order valence-corrected chi connectivity index (χ3v) is 5.61. The van der Waals surface area contributed by atoms with Crippen LogP contribution in [-0.2, 0) is 0 Å². The number of nitrogens with two attached hydrogens (primary N) is 1. The number of amides is 1. The molecular weight excluding hydrogens is 512 g/mol. The van der Waals surface area contributed by atoms with E-state index in [1.807, 2.05) is 0 Å². The molecule has 39 heavy (non-hydrogen) atoms. The summed E-state index contributed by atoms with van der Waals surface area (Å²) >= 11 is 0. The Morgan fingerprint density at radius 1 is 0.692 bits per heavy atom. The molecule has 15 nitrogen and oxygen atoms in total. The lowest BCUT2D eigenvalue weighted by Gasteiger charge is -2.06. The van der Waals surface area contributed by atoms with Crippen LogP contribution >= 0.6 is 0 Å². The number of carbonyl (C=O) groups is 3. The van der Waals surface area contributed by atoms with Crippen LogP contribution in [0.25, 0.3) is 34.2 Å². The molecule has 0 radical (unpaired) electrons. The minimum Gasteiger partial charge on any atom is -0.505 e. The van der Waals surface area contributed by atoms with Gasteiger partial charge in [0, 0.05) is 5.56 Å². The van der Waals surface area contributed by atoms with Crippen LogP contribution in [0.1, 0.15) is 31.1 Å². The maximum atomic E-state index is 12.0. The Morgan fingerprint density at radius 2 is 1.13 bits per heavy atom. The zero-order valence-electron chi connectivity index (χ0n) is 19.5. The first kappa shape index (κ1) is 24.6. The largest absolute Gasteiger partial charge is 0.505 e. The number of hydrogen-bond acceptors (Lipinski definition) is 10. The number of para-hydroxylation sites is 2. The Kier molecular flexibility index (Phi) is 5.92. The predicted molar refractivity (Wildman–Crippen MR) is 131 cm³/mol. The molecule has 0 aliphatic rings. The molecule has 0 aliphatic carbocycles. The number of aromatic hydroxyl groups is 2. The van der Waals surface area contributed by atoms with Crippen LogP contribution in [0, 0.1) is 0 Å². The van der Waals surface area contributed by atoms with E-state index >= 15 is 0 Å². The van der Waals surface area contributed by atoms with Crippen LogP contribution in [0.3, 0.4) is 0 Å². The van der Waals surface area contributed by atoms with Gasteiger partial charge in [-0.3, -0.25) is 4.79 Å². The molecule has 15 heteroatoms. The van der Waals surface area contributed by atoms with Crippen molar-refractivity contribution in [3.63, 3.8) is 0 Å². The standard InChI is InChI=1S/C24H16N8O7/c25-22(35)11-7-14(16-9-31(29-27-16)18-5-1-3-12(20(18)33)23(36)37)26-15(8-11)17-10-32(30-28-17)19-6-2-4-13(21(19)34)24(38)39/h1-10,33-34H,(H2,25,35)(H,36,37)(H,38,39). The SMILES string of the molecule is NC(=O)c1cc(-c2cn(-c3cccc(C(=O)O)c3O)nn2)nc(-c2cn(-c3cccc(C(=O)O)c3O)nn2)c1. The van der Waals surface area contributed by atoms with E-state index in [2.05, 4.69) is 25.6 Å². The predicted octanol–water partition coefficient (Wildman–Crippen LogP) is 1.48. The number of nitrogens with zero attached hydrogens (tertiary/aromatic N) is 7. The maximum Gasteiger partial charge on any atom is 0.339 e. The van der Waals surface area contributed by atoms with Gasteiger partial charge < -0.3 is 26.2 Å². The highest BCUT2D eigenvalue weighted by atomic mass is 16.4. The molecule has 0 unspecified atom stereocenters. The molecule has 194 valence electrons. The molecule has 5 rings (SSSR count). The summed E-state index contributed by atoms with van der Waals surface area (Å²) in [6.45, 7) is 0. The Hall–Kier alpha value is -6.12. The molecule has 0 bridgehead atoms. The van der Waals surface area contributed by atoms with Crippen LogP contribution in [0.15, 0.2) is 60.9 Å². The van der Waals surface area contributed by atoms with Gasteiger partial charge in [0.05, 0.1) is 23.8 Å². The van der Waals surface area contributed by atoms with Gasteiger partial charge in [-0.15, -0.1) is 10.2 Å². The lowest BCUT2D eigenvalue weighted by molar-refractivity contribution is 0.0682. The van der Waals surface area contributed by atoms with Crippen molar-refractivity contribution in [2.75, 3.05) is 0 Å². The van der Waals surface area contributed by atoms with Gasteiger partial charge in [0.25, 0.3) is 0 Å². The van der Waals surface area contributed by atoms with Crippen molar-refractivity contribution in [3.8, 4) is 45.6 Å². The quantitative estimate of drug-likeness (QED) is 0.202. The van der Waals surface area contributed by atoms with E-state index in [4.69, 9.17) is 5.73 Å². The van der Waals surface area contributed by atoms with Crippen molar-refractivity contribution < 1.29 is 34.8 Å². The van der Waals surface area contributed by atoms with Gasteiger partial charge in [-0.1, -0.05) is 22.6 Å². The Bertz CT molecular complexity index is 1670. The second-order valence-electron chi connectivity index (χ2n) is 8.04. The molecule has 0 aliphatic heterocycles. The molecule has 2 aromatic carbocycles. The summed E-state index contributed by atoms with van der Waals surface area (Å²) in [6, 6.07) is 10.9.